The normalized spacial score (nSPS) is 18.1. The van der Waals surface area contributed by atoms with Gasteiger partial charge in [-0.2, -0.15) is 17.0 Å². The Kier molecular flexibility index (Phi) is 6.55. The van der Waals surface area contributed by atoms with Crippen LogP contribution in [-0.2, 0) is 10.2 Å². The van der Waals surface area contributed by atoms with Crippen LogP contribution in [0.2, 0.25) is 0 Å². The van der Waals surface area contributed by atoms with Crippen molar-refractivity contribution >= 4 is 10.2 Å². The van der Waals surface area contributed by atoms with E-state index >= 15 is 0 Å². The predicted octanol–water partition coefficient (Wildman–Crippen LogP) is 1.04. The number of nitrogens with one attached hydrogen (secondary N) is 1. The molecule has 1 saturated carbocycles. The zero-order valence-corrected chi connectivity index (χ0v) is 12.7. The predicted molar refractivity (Wildman–Crippen MR) is 74.7 cm³/mol. The minimum Gasteiger partial charge on any atom is -0.317 e. The maximum atomic E-state index is 12.3. The molecule has 0 bridgehead atoms. The Hall–Kier alpha value is -0.170. The van der Waals surface area contributed by atoms with Gasteiger partial charge < -0.3 is 5.32 Å². The second-order valence-corrected chi connectivity index (χ2v) is 7.09. The minimum absolute atomic E-state index is 0.200. The van der Waals surface area contributed by atoms with E-state index in [2.05, 4.69) is 5.32 Å². The van der Waals surface area contributed by atoms with Gasteiger partial charge in [-0.3, -0.25) is 0 Å². The lowest BCUT2D eigenvalue weighted by Crippen LogP contribution is -2.44. The van der Waals surface area contributed by atoms with Crippen molar-refractivity contribution < 1.29 is 8.42 Å². The summed E-state index contributed by atoms with van der Waals surface area (Å²) in [6.45, 7) is 4.42. The van der Waals surface area contributed by atoms with Gasteiger partial charge in [-0.1, -0.05) is 19.8 Å². The van der Waals surface area contributed by atoms with E-state index in [1.54, 1.807) is 18.4 Å². The molecule has 1 N–H and O–H groups in total. The first-order chi connectivity index (χ1) is 8.50. The van der Waals surface area contributed by atoms with Crippen LogP contribution in [0.3, 0.4) is 0 Å². The third-order valence-electron chi connectivity index (χ3n) is 3.67. The summed E-state index contributed by atoms with van der Waals surface area (Å²) in [7, 11) is 0.117. The molecule has 1 aliphatic rings. The van der Waals surface area contributed by atoms with Gasteiger partial charge in [0.05, 0.1) is 0 Å². The van der Waals surface area contributed by atoms with E-state index in [0.717, 1.165) is 45.2 Å². The van der Waals surface area contributed by atoms with Crippen molar-refractivity contribution in [1.82, 2.24) is 13.9 Å². The topological polar surface area (TPSA) is 52.7 Å². The van der Waals surface area contributed by atoms with Crippen LogP contribution in [0.15, 0.2) is 0 Å². The summed E-state index contributed by atoms with van der Waals surface area (Å²) in [5.41, 5.74) is 0. The largest absolute Gasteiger partial charge is 0.317 e. The van der Waals surface area contributed by atoms with E-state index < -0.39 is 10.2 Å². The lowest BCUT2D eigenvalue weighted by Gasteiger charge is -2.28. The van der Waals surface area contributed by atoms with Crippen LogP contribution < -0.4 is 5.32 Å². The molecule has 0 unspecified atom stereocenters. The van der Waals surface area contributed by atoms with Crippen molar-refractivity contribution in [3.05, 3.63) is 0 Å². The molecule has 108 valence electrons. The molecule has 1 fully saturated rings. The highest BCUT2D eigenvalue weighted by atomic mass is 32.2. The van der Waals surface area contributed by atoms with Crippen LogP contribution in [0.25, 0.3) is 0 Å². The molecule has 0 aromatic heterocycles. The molecule has 0 atom stereocenters. The van der Waals surface area contributed by atoms with E-state index in [-0.39, 0.29) is 6.04 Å². The number of rotatable bonds is 8. The van der Waals surface area contributed by atoms with E-state index in [0.29, 0.717) is 6.54 Å². The van der Waals surface area contributed by atoms with Crippen LogP contribution in [0, 0.1) is 0 Å². The molecule has 0 aromatic carbocycles. The Bertz CT molecular complexity index is 326. The first kappa shape index (κ1) is 15.9. The highest BCUT2D eigenvalue weighted by molar-refractivity contribution is 7.86. The Balaban J connectivity index is 2.45. The lowest BCUT2D eigenvalue weighted by atomic mass is 10.3. The first-order valence-corrected chi connectivity index (χ1v) is 8.30. The fourth-order valence-electron chi connectivity index (χ4n) is 2.39. The van der Waals surface area contributed by atoms with Crippen LogP contribution >= 0.6 is 0 Å². The second kappa shape index (κ2) is 7.43. The molecule has 6 heteroatoms. The van der Waals surface area contributed by atoms with Crippen molar-refractivity contribution in [3.8, 4) is 0 Å². The summed E-state index contributed by atoms with van der Waals surface area (Å²) in [6, 6.07) is 0.200. The van der Waals surface area contributed by atoms with Crippen molar-refractivity contribution in [2.45, 2.75) is 45.1 Å². The number of nitrogens with zero attached hydrogens (tertiary/aromatic N) is 2. The third kappa shape index (κ3) is 4.19. The Labute approximate surface area is 112 Å². The molecule has 0 aromatic rings. The Morgan fingerprint density at radius 1 is 1.22 bits per heavy atom. The molecule has 1 rings (SSSR count). The van der Waals surface area contributed by atoms with E-state index in [1.807, 2.05) is 6.92 Å². The van der Waals surface area contributed by atoms with Gasteiger partial charge in [0.25, 0.3) is 10.2 Å². The summed E-state index contributed by atoms with van der Waals surface area (Å²) in [4.78, 5) is 0. The molecule has 0 aliphatic heterocycles. The molecule has 18 heavy (non-hydrogen) atoms. The standard InChI is InChI=1S/C12H27N3O2S/c1-4-13-10-7-11-14(2)18(16,17)15(3)12-8-5-6-9-12/h12-13H,4-11H2,1-3H3. The monoisotopic (exact) mass is 277 g/mol. The van der Waals surface area contributed by atoms with Crippen LogP contribution in [0.4, 0.5) is 0 Å². The van der Waals surface area contributed by atoms with E-state index in [4.69, 9.17) is 0 Å². The zero-order valence-electron chi connectivity index (χ0n) is 11.9. The van der Waals surface area contributed by atoms with Crippen molar-refractivity contribution in [2.75, 3.05) is 33.7 Å². The van der Waals surface area contributed by atoms with Gasteiger partial charge in [0.15, 0.2) is 0 Å². The maximum absolute atomic E-state index is 12.3. The molecular weight excluding hydrogens is 250 g/mol. The highest BCUT2D eigenvalue weighted by Gasteiger charge is 2.31. The summed E-state index contributed by atoms with van der Waals surface area (Å²) >= 11 is 0. The van der Waals surface area contributed by atoms with Gasteiger partial charge in [-0.05, 0) is 32.4 Å². The quantitative estimate of drug-likeness (QED) is 0.674. The maximum Gasteiger partial charge on any atom is 0.281 e. The average Bonchev–Trinajstić information content (AvgIpc) is 2.86. The average molecular weight is 277 g/mol. The molecule has 0 spiro atoms. The van der Waals surface area contributed by atoms with Crippen LogP contribution in [-0.4, -0.2) is 56.8 Å². The van der Waals surface area contributed by atoms with E-state index in [9.17, 15) is 8.42 Å². The highest BCUT2D eigenvalue weighted by Crippen LogP contribution is 2.25. The summed E-state index contributed by atoms with van der Waals surface area (Å²) in [5, 5.41) is 3.20. The Morgan fingerprint density at radius 3 is 2.39 bits per heavy atom. The smallest absolute Gasteiger partial charge is 0.281 e. The molecular formula is C12H27N3O2S. The summed E-state index contributed by atoms with van der Waals surface area (Å²) in [6.07, 6.45) is 5.15. The van der Waals surface area contributed by atoms with Crippen LogP contribution in [0.5, 0.6) is 0 Å². The van der Waals surface area contributed by atoms with E-state index in [1.165, 1.54) is 4.31 Å². The molecule has 0 amide bonds. The van der Waals surface area contributed by atoms with Crippen molar-refractivity contribution in [3.63, 3.8) is 0 Å². The second-order valence-electron chi connectivity index (χ2n) is 4.99. The van der Waals surface area contributed by atoms with Gasteiger partial charge in [-0.25, -0.2) is 0 Å². The molecule has 0 radical (unpaired) electrons. The van der Waals surface area contributed by atoms with Crippen LogP contribution in [0.1, 0.15) is 39.0 Å². The fraction of sp³-hybridized carbons (Fsp3) is 1.00. The zero-order chi connectivity index (χ0) is 13.6. The first-order valence-electron chi connectivity index (χ1n) is 6.90. The SMILES string of the molecule is CCNCCCN(C)S(=O)(=O)N(C)C1CCCC1. The fourth-order valence-corrected chi connectivity index (χ4v) is 3.78. The van der Waals surface area contributed by atoms with Gasteiger partial charge in [0, 0.05) is 26.7 Å². The molecule has 1 aliphatic carbocycles. The van der Waals surface area contributed by atoms with Gasteiger partial charge >= 0.3 is 0 Å². The molecule has 0 saturated heterocycles. The summed E-state index contributed by atoms with van der Waals surface area (Å²) < 4.78 is 27.7. The molecule has 5 nitrogen and oxygen atoms in total. The minimum atomic E-state index is -3.27. The number of hydrogen-bond donors (Lipinski definition) is 1. The van der Waals surface area contributed by atoms with Gasteiger partial charge in [0.1, 0.15) is 0 Å². The number of hydrogen-bond acceptors (Lipinski definition) is 3. The molecule has 0 heterocycles. The van der Waals surface area contributed by atoms with Crippen molar-refractivity contribution in [2.24, 2.45) is 0 Å². The lowest BCUT2D eigenvalue weighted by molar-refractivity contribution is 0.332. The Morgan fingerprint density at radius 2 is 1.83 bits per heavy atom. The van der Waals surface area contributed by atoms with Gasteiger partial charge in [-0.15, -0.1) is 0 Å². The van der Waals surface area contributed by atoms with Gasteiger partial charge in [0.2, 0.25) is 0 Å². The third-order valence-corrected chi connectivity index (χ3v) is 5.67. The van der Waals surface area contributed by atoms with Crippen molar-refractivity contribution in [1.29, 1.82) is 0 Å². The summed E-state index contributed by atoms with van der Waals surface area (Å²) in [5.74, 6) is 0.